The van der Waals surface area contributed by atoms with Crippen LogP contribution in [0.4, 0.5) is 0 Å². The molecule has 1 unspecified atom stereocenters. The second kappa shape index (κ2) is 5.06. The van der Waals surface area contributed by atoms with Gasteiger partial charge in [-0.25, -0.2) is 0 Å². The van der Waals surface area contributed by atoms with Crippen LogP contribution in [0.5, 0.6) is 11.5 Å². The topological polar surface area (TPSA) is 41.5 Å². The second-order valence-corrected chi connectivity index (χ2v) is 4.95. The highest BCUT2D eigenvalue weighted by molar-refractivity contribution is 9.10. The summed E-state index contributed by atoms with van der Waals surface area (Å²) < 4.78 is 5.82. The Bertz CT molecular complexity index is 376. The first-order chi connectivity index (χ1) is 7.72. The molecule has 16 heavy (non-hydrogen) atoms. The van der Waals surface area contributed by atoms with Gasteiger partial charge in [-0.3, -0.25) is 0 Å². The maximum atomic E-state index is 9.86. The van der Waals surface area contributed by atoms with Gasteiger partial charge in [-0.15, -0.1) is 0 Å². The highest BCUT2D eigenvalue weighted by Crippen LogP contribution is 2.37. The summed E-state index contributed by atoms with van der Waals surface area (Å²) in [5, 5.41) is 13.2. The monoisotopic (exact) mass is 285 g/mol. The molecule has 1 aromatic rings. The number of hydrogen-bond acceptors (Lipinski definition) is 3. The molecule has 1 heterocycles. The minimum Gasteiger partial charge on any atom is -0.503 e. The number of benzene rings is 1. The SMILES string of the molecule is COc1ccc(CC2CCNC2)c(Br)c1O. The smallest absolute Gasteiger partial charge is 0.172 e. The van der Waals surface area contributed by atoms with E-state index in [0.29, 0.717) is 11.7 Å². The van der Waals surface area contributed by atoms with Crippen molar-refractivity contribution in [1.29, 1.82) is 0 Å². The fraction of sp³-hybridized carbons (Fsp3) is 0.500. The average Bonchev–Trinajstić information content (AvgIpc) is 2.78. The van der Waals surface area contributed by atoms with Gasteiger partial charge in [-0.1, -0.05) is 6.07 Å². The van der Waals surface area contributed by atoms with Crippen LogP contribution in [0.15, 0.2) is 16.6 Å². The minimum absolute atomic E-state index is 0.200. The number of halogens is 1. The first-order valence-corrected chi connectivity index (χ1v) is 6.26. The van der Waals surface area contributed by atoms with Crippen molar-refractivity contribution in [2.75, 3.05) is 20.2 Å². The van der Waals surface area contributed by atoms with Crippen molar-refractivity contribution < 1.29 is 9.84 Å². The Kier molecular flexibility index (Phi) is 3.71. The molecule has 88 valence electrons. The molecule has 1 aliphatic heterocycles. The zero-order chi connectivity index (χ0) is 11.5. The Morgan fingerprint density at radius 1 is 1.56 bits per heavy atom. The molecule has 1 saturated heterocycles. The van der Waals surface area contributed by atoms with E-state index in [1.54, 1.807) is 7.11 Å². The summed E-state index contributed by atoms with van der Waals surface area (Å²) in [6, 6.07) is 3.83. The average molecular weight is 286 g/mol. The Hall–Kier alpha value is -0.740. The van der Waals surface area contributed by atoms with Crippen LogP contribution in [0.1, 0.15) is 12.0 Å². The van der Waals surface area contributed by atoms with E-state index >= 15 is 0 Å². The van der Waals surface area contributed by atoms with E-state index < -0.39 is 0 Å². The van der Waals surface area contributed by atoms with Gasteiger partial charge in [-0.2, -0.15) is 0 Å². The van der Waals surface area contributed by atoms with Gasteiger partial charge in [0.2, 0.25) is 0 Å². The van der Waals surface area contributed by atoms with Crippen molar-refractivity contribution in [2.24, 2.45) is 5.92 Å². The number of hydrogen-bond donors (Lipinski definition) is 2. The summed E-state index contributed by atoms with van der Waals surface area (Å²) in [4.78, 5) is 0. The van der Waals surface area contributed by atoms with Gasteiger partial charge in [-0.05, 0) is 59.4 Å². The first-order valence-electron chi connectivity index (χ1n) is 5.47. The van der Waals surface area contributed by atoms with Crippen LogP contribution in [0, 0.1) is 5.92 Å². The van der Waals surface area contributed by atoms with Gasteiger partial charge < -0.3 is 15.2 Å². The Morgan fingerprint density at radius 3 is 3.00 bits per heavy atom. The lowest BCUT2D eigenvalue weighted by atomic mass is 9.98. The third kappa shape index (κ3) is 2.33. The molecule has 4 heteroatoms. The predicted molar refractivity (Wildman–Crippen MR) is 67.0 cm³/mol. The van der Waals surface area contributed by atoms with Gasteiger partial charge in [0.15, 0.2) is 11.5 Å². The molecule has 0 radical (unpaired) electrons. The van der Waals surface area contributed by atoms with E-state index in [-0.39, 0.29) is 5.75 Å². The maximum Gasteiger partial charge on any atom is 0.172 e. The Morgan fingerprint density at radius 2 is 2.38 bits per heavy atom. The number of rotatable bonds is 3. The Labute approximate surface area is 104 Å². The van der Waals surface area contributed by atoms with Crippen LogP contribution in [-0.2, 0) is 6.42 Å². The van der Waals surface area contributed by atoms with Gasteiger partial charge in [0, 0.05) is 0 Å². The van der Waals surface area contributed by atoms with E-state index in [9.17, 15) is 5.11 Å². The van der Waals surface area contributed by atoms with Crippen LogP contribution in [0.25, 0.3) is 0 Å². The summed E-state index contributed by atoms with van der Waals surface area (Å²) in [5.74, 6) is 1.38. The van der Waals surface area contributed by atoms with Crippen molar-refractivity contribution in [2.45, 2.75) is 12.8 Å². The van der Waals surface area contributed by atoms with Crippen molar-refractivity contribution in [3.63, 3.8) is 0 Å². The summed E-state index contributed by atoms with van der Waals surface area (Å²) in [5.41, 5.74) is 1.15. The molecule has 0 amide bonds. The van der Waals surface area contributed by atoms with Gasteiger partial charge in [0.1, 0.15) is 0 Å². The molecule has 2 rings (SSSR count). The summed E-state index contributed by atoms with van der Waals surface area (Å²) in [6.45, 7) is 2.17. The number of phenols is 1. The van der Waals surface area contributed by atoms with Gasteiger partial charge >= 0.3 is 0 Å². The molecular weight excluding hydrogens is 270 g/mol. The van der Waals surface area contributed by atoms with E-state index in [1.807, 2.05) is 12.1 Å². The molecule has 0 saturated carbocycles. The normalized spacial score (nSPS) is 20.0. The van der Waals surface area contributed by atoms with Crippen LogP contribution in [-0.4, -0.2) is 25.3 Å². The molecule has 2 N–H and O–H groups in total. The molecule has 1 fully saturated rings. The molecule has 3 nitrogen and oxygen atoms in total. The van der Waals surface area contributed by atoms with Crippen molar-refractivity contribution in [3.8, 4) is 11.5 Å². The highest BCUT2D eigenvalue weighted by atomic mass is 79.9. The molecule has 0 spiro atoms. The van der Waals surface area contributed by atoms with Crippen LogP contribution < -0.4 is 10.1 Å². The van der Waals surface area contributed by atoms with Crippen molar-refractivity contribution >= 4 is 15.9 Å². The number of aromatic hydroxyl groups is 1. The molecule has 1 atom stereocenters. The second-order valence-electron chi connectivity index (χ2n) is 4.15. The highest BCUT2D eigenvalue weighted by Gasteiger charge is 2.18. The maximum absolute atomic E-state index is 9.86. The fourth-order valence-electron chi connectivity index (χ4n) is 2.11. The lowest BCUT2D eigenvalue weighted by molar-refractivity contribution is 0.371. The lowest BCUT2D eigenvalue weighted by Crippen LogP contribution is -2.11. The van der Waals surface area contributed by atoms with Crippen LogP contribution >= 0.6 is 15.9 Å². The molecule has 1 aromatic carbocycles. The number of ether oxygens (including phenoxy) is 1. The molecular formula is C12H16BrNO2. The zero-order valence-corrected chi connectivity index (χ0v) is 10.9. The summed E-state index contributed by atoms with van der Waals surface area (Å²) >= 11 is 3.43. The van der Waals surface area contributed by atoms with E-state index in [2.05, 4.69) is 21.2 Å². The molecule has 0 bridgehead atoms. The number of phenolic OH excluding ortho intramolecular Hbond substituents is 1. The predicted octanol–water partition coefficient (Wildman–Crippen LogP) is 2.32. The quantitative estimate of drug-likeness (QED) is 0.896. The summed E-state index contributed by atoms with van der Waals surface area (Å²) in [7, 11) is 1.56. The first kappa shape index (κ1) is 11.7. The largest absolute Gasteiger partial charge is 0.503 e. The van der Waals surface area contributed by atoms with Crippen LogP contribution in [0.3, 0.4) is 0 Å². The zero-order valence-electron chi connectivity index (χ0n) is 9.29. The van der Waals surface area contributed by atoms with Gasteiger partial charge in [0.05, 0.1) is 11.6 Å². The number of methoxy groups -OCH3 is 1. The number of nitrogens with one attached hydrogen (secondary N) is 1. The molecule has 0 aromatic heterocycles. The summed E-state index contributed by atoms with van der Waals surface area (Å²) in [6.07, 6.45) is 2.20. The molecule has 1 aliphatic rings. The molecule has 0 aliphatic carbocycles. The van der Waals surface area contributed by atoms with Crippen molar-refractivity contribution in [1.82, 2.24) is 5.32 Å². The third-order valence-electron chi connectivity index (χ3n) is 3.05. The van der Waals surface area contributed by atoms with E-state index in [4.69, 9.17) is 4.74 Å². The fourth-order valence-corrected chi connectivity index (χ4v) is 2.60. The van der Waals surface area contributed by atoms with E-state index in [1.165, 1.54) is 6.42 Å². The standard InChI is InChI=1S/C12H16BrNO2/c1-16-10-3-2-9(11(13)12(10)15)6-8-4-5-14-7-8/h2-3,8,14-15H,4-7H2,1H3. The minimum atomic E-state index is 0.200. The Balaban J connectivity index is 2.18. The van der Waals surface area contributed by atoms with E-state index in [0.717, 1.165) is 29.5 Å². The van der Waals surface area contributed by atoms with Crippen LogP contribution in [0.2, 0.25) is 0 Å². The lowest BCUT2D eigenvalue weighted by Gasteiger charge is -2.13. The van der Waals surface area contributed by atoms with Crippen molar-refractivity contribution in [3.05, 3.63) is 22.2 Å². The third-order valence-corrected chi connectivity index (χ3v) is 3.93. The van der Waals surface area contributed by atoms with Gasteiger partial charge in [0.25, 0.3) is 0 Å².